The highest BCUT2D eigenvalue weighted by molar-refractivity contribution is 4.74. The van der Waals surface area contributed by atoms with Gasteiger partial charge in [-0.15, -0.1) is 0 Å². The van der Waals surface area contributed by atoms with E-state index in [0.29, 0.717) is 18.3 Å². The molecule has 0 bridgehead atoms. The molecule has 2 atom stereocenters. The van der Waals surface area contributed by atoms with Crippen molar-refractivity contribution in [1.82, 2.24) is 0 Å². The smallest absolute Gasteiger partial charge is 0.171 e. The van der Waals surface area contributed by atoms with E-state index < -0.39 is 12.6 Å². The standard InChI is InChI=1S/C13H23F3/c1-2-3-5-11-6-4-7-12(10-11)8-9-13(14,15)16/h11-12H,2-10H2,1H3. The van der Waals surface area contributed by atoms with Gasteiger partial charge >= 0.3 is 6.18 Å². The SMILES string of the molecule is CCCCC1CCCC(CCC(F)(F)F)C1. The maximum Gasteiger partial charge on any atom is 0.389 e. The van der Waals surface area contributed by atoms with E-state index in [2.05, 4.69) is 6.92 Å². The molecule has 0 aromatic carbocycles. The lowest BCUT2D eigenvalue weighted by Gasteiger charge is -2.29. The van der Waals surface area contributed by atoms with Crippen molar-refractivity contribution in [2.24, 2.45) is 11.8 Å². The first-order valence-electron chi connectivity index (χ1n) is 6.58. The molecule has 0 saturated heterocycles. The lowest BCUT2D eigenvalue weighted by atomic mass is 9.77. The van der Waals surface area contributed by atoms with Crippen molar-refractivity contribution in [3.05, 3.63) is 0 Å². The molecule has 0 aromatic heterocycles. The van der Waals surface area contributed by atoms with Crippen LogP contribution in [0.2, 0.25) is 0 Å². The molecule has 0 amide bonds. The van der Waals surface area contributed by atoms with Crippen LogP contribution in [0.25, 0.3) is 0 Å². The van der Waals surface area contributed by atoms with Crippen LogP contribution in [0.4, 0.5) is 13.2 Å². The van der Waals surface area contributed by atoms with Crippen LogP contribution < -0.4 is 0 Å². The molecular weight excluding hydrogens is 213 g/mol. The Balaban J connectivity index is 2.22. The first-order valence-corrected chi connectivity index (χ1v) is 6.58. The highest BCUT2D eigenvalue weighted by Gasteiger charge is 2.30. The molecule has 0 radical (unpaired) electrons. The zero-order valence-corrected chi connectivity index (χ0v) is 10.2. The minimum atomic E-state index is -3.96. The van der Waals surface area contributed by atoms with Gasteiger partial charge in [0.15, 0.2) is 0 Å². The number of hydrogen-bond acceptors (Lipinski definition) is 0. The summed E-state index contributed by atoms with van der Waals surface area (Å²) in [6.07, 6.45) is 3.88. The fraction of sp³-hybridized carbons (Fsp3) is 1.00. The Labute approximate surface area is 96.6 Å². The van der Waals surface area contributed by atoms with Crippen LogP contribution in [0, 0.1) is 11.8 Å². The molecule has 1 aliphatic rings. The van der Waals surface area contributed by atoms with Crippen molar-refractivity contribution < 1.29 is 13.2 Å². The molecule has 2 unspecified atom stereocenters. The third kappa shape index (κ3) is 5.76. The van der Waals surface area contributed by atoms with Crippen molar-refractivity contribution >= 4 is 0 Å². The molecule has 0 nitrogen and oxygen atoms in total. The van der Waals surface area contributed by atoms with Crippen LogP contribution in [0.15, 0.2) is 0 Å². The summed E-state index contributed by atoms with van der Waals surface area (Å²) < 4.78 is 36.3. The summed E-state index contributed by atoms with van der Waals surface area (Å²) in [7, 11) is 0. The van der Waals surface area contributed by atoms with Crippen molar-refractivity contribution in [2.75, 3.05) is 0 Å². The summed E-state index contributed by atoms with van der Waals surface area (Å²) in [6.45, 7) is 2.17. The summed E-state index contributed by atoms with van der Waals surface area (Å²) in [4.78, 5) is 0. The van der Waals surface area contributed by atoms with Gasteiger partial charge in [0.25, 0.3) is 0 Å². The molecule has 0 spiro atoms. The molecule has 96 valence electrons. The average Bonchev–Trinajstić information content (AvgIpc) is 2.23. The largest absolute Gasteiger partial charge is 0.389 e. The summed E-state index contributed by atoms with van der Waals surface area (Å²) in [5, 5.41) is 0. The van der Waals surface area contributed by atoms with Gasteiger partial charge in [-0.2, -0.15) is 13.2 Å². The molecule has 3 heteroatoms. The molecule has 1 saturated carbocycles. The molecular formula is C13H23F3. The third-order valence-electron chi connectivity index (χ3n) is 3.69. The molecule has 0 aliphatic heterocycles. The molecule has 1 fully saturated rings. The zero-order chi connectivity index (χ0) is 12.0. The number of halogens is 3. The topological polar surface area (TPSA) is 0 Å². The molecule has 0 heterocycles. The first-order chi connectivity index (χ1) is 7.51. The van der Waals surface area contributed by atoms with Gasteiger partial charge in [-0.1, -0.05) is 45.4 Å². The number of unbranched alkanes of at least 4 members (excludes halogenated alkanes) is 1. The summed E-state index contributed by atoms with van der Waals surface area (Å²) in [5.74, 6) is 1.03. The highest BCUT2D eigenvalue weighted by atomic mass is 19.4. The van der Waals surface area contributed by atoms with Crippen LogP contribution in [0.3, 0.4) is 0 Å². The Morgan fingerprint density at radius 3 is 2.25 bits per heavy atom. The third-order valence-corrected chi connectivity index (χ3v) is 3.69. The maximum atomic E-state index is 12.1. The Bertz CT molecular complexity index is 186. The fourth-order valence-corrected chi connectivity index (χ4v) is 2.79. The predicted octanol–water partition coefficient (Wildman–Crippen LogP) is 5.33. The summed E-state index contributed by atoms with van der Waals surface area (Å²) in [6, 6.07) is 0. The quantitative estimate of drug-likeness (QED) is 0.605. The van der Waals surface area contributed by atoms with E-state index in [1.165, 1.54) is 25.7 Å². The van der Waals surface area contributed by atoms with Crippen LogP contribution in [0.5, 0.6) is 0 Å². The number of hydrogen-bond donors (Lipinski definition) is 0. The van der Waals surface area contributed by atoms with E-state index in [1.807, 2.05) is 0 Å². The normalized spacial score (nSPS) is 27.0. The van der Waals surface area contributed by atoms with Gasteiger partial charge in [0.1, 0.15) is 0 Å². The van der Waals surface area contributed by atoms with Gasteiger partial charge in [0.05, 0.1) is 0 Å². The number of rotatable bonds is 5. The Morgan fingerprint density at radius 2 is 1.69 bits per heavy atom. The lowest BCUT2D eigenvalue weighted by molar-refractivity contribution is -0.138. The van der Waals surface area contributed by atoms with Crippen LogP contribution >= 0.6 is 0 Å². The second-order valence-corrected chi connectivity index (χ2v) is 5.19. The lowest BCUT2D eigenvalue weighted by Crippen LogP contribution is -2.18. The van der Waals surface area contributed by atoms with Gasteiger partial charge in [-0.25, -0.2) is 0 Å². The van der Waals surface area contributed by atoms with Gasteiger partial charge < -0.3 is 0 Å². The van der Waals surface area contributed by atoms with Gasteiger partial charge in [-0.05, 0) is 24.7 Å². The van der Waals surface area contributed by atoms with Gasteiger partial charge in [-0.3, -0.25) is 0 Å². The van der Waals surface area contributed by atoms with E-state index in [4.69, 9.17) is 0 Å². The Hall–Kier alpha value is -0.210. The zero-order valence-electron chi connectivity index (χ0n) is 10.2. The molecule has 16 heavy (non-hydrogen) atoms. The van der Waals surface area contributed by atoms with Crippen LogP contribution in [-0.2, 0) is 0 Å². The van der Waals surface area contributed by atoms with Gasteiger partial charge in [0.2, 0.25) is 0 Å². The average molecular weight is 236 g/mol. The van der Waals surface area contributed by atoms with Crippen LogP contribution in [-0.4, -0.2) is 6.18 Å². The summed E-state index contributed by atoms with van der Waals surface area (Å²) >= 11 is 0. The van der Waals surface area contributed by atoms with E-state index >= 15 is 0 Å². The highest BCUT2D eigenvalue weighted by Crippen LogP contribution is 2.36. The second-order valence-electron chi connectivity index (χ2n) is 5.19. The summed E-state index contributed by atoms with van der Waals surface area (Å²) in [5.41, 5.74) is 0. The van der Waals surface area contributed by atoms with E-state index in [9.17, 15) is 13.2 Å². The van der Waals surface area contributed by atoms with Crippen molar-refractivity contribution in [3.8, 4) is 0 Å². The maximum absolute atomic E-state index is 12.1. The first kappa shape index (κ1) is 13.9. The van der Waals surface area contributed by atoms with Crippen molar-refractivity contribution in [2.45, 2.75) is 70.9 Å². The monoisotopic (exact) mass is 236 g/mol. The molecule has 0 N–H and O–H groups in total. The van der Waals surface area contributed by atoms with E-state index in [-0.39, 0.29) is 0 Å². The molecule has 0 aromatic rings. The Kier molecular flexibility index (Phi) is 5.63. The van der Waals surface area contributed by atoms with Crippen molar-refractivity contribution in [3.63, 3.8) is 0 Å². The molecule has 1 rings (SSSR count). The second kappa shape index (κ2) is 6.51. The van der Waals surface area contributed by atoms with E-state index in [0.717, 1.165) is 19.3 Å². The Morgan fingerprint density at radius 1 is 1.06 bits per heavy atom. The minimum absolute atomic E-state index is 0.331. The predicted molar refractivity (Wildman–Crippen MR) is 60.3 cm³/mol. The van der Waals surface area contributed by atoms with E-state index in [1.54, 1.807) is 0 Å². The van der Waals surface area contributed by atoms with Crippen LogP contribution in [0.1, 0.15) is 64.7 Å². The molecule has 1 aliphatic carbocycles. The van der Waals surface area contributed by atoms with Crippen molar-refractivity contribution in [1.29, 1.82) is 0 Å². The van der Waals surface area contributed by atoms with Gasteiger partial charge in [0, 0.05) is 6.42 Å². The minimum Gasteiger partial charge on any atom is -0.171 e. The number of alkyl halides is 3. The fourth-order valence-electron chi connectivity index (χ4n) is 2.79.